The van der Waals surface area contributed by atoms with Gasteiger partial charge in [-0.25, -0.2) is 0 Å². The fourth-order valence-corrected chi connectivity index (χ4v) is 2.79. The lowest BCUT2D eigenvalue weighted by molar-refractivity contribution is 0.443. The quantitative estimate of drug-likeness (QED) is 0.841. The maximum atomic E-state index is 4.38. The Morgan fingerprint density at radius 1 is 1.44 bits per heavy atom. The molecule has 0 amide bonds. The molecule has 0 saturated heterocycles. The third-order valence-electron chi connectivity index (χ3n) is 4.02. The summed E-state index contributed by atoms with van der Waals surface area (Å²) < 4.78 is 2.05. The lowest BCUT2D eigenvalue weighted by Crippen LogP contribution is -2.26. The summed E-state index contributed by atoms with van der Waals surface area (Å²) >= 11 is 0. The highest BCUT2D eigenvalue weighted by Gasteiger charge is 2.24. The van der Waals surface area contributed by atoms with Crippen molar-refractivity contribution in [3.63, 3.8) is 0 Å². The first kappa shape index (κ1) is 10.3. The summed E-state index contributed by atoms with van der Waals surface area (Å²) in [7, 11) is 2.06. The zero-order valence-electron chi connectivity index (χ0n) is 10.1. The number of aromatic nitrogens is 2. The number of nitrogens with one attached hydrogen (secondary N) is 1. The van der Waals surface area contributed by atoms with Gasteiger partial charge in [0.1, 0.15) is 0 Å². The molecular weight excluding hydrogens is 198 g/mol. The lowest BCUT2D eigenvalue weighted by Gasteiger charge is -2.23. The maximum absolute atomic E-state index is 4.38. The highest BCUT2D eigenvalue weighted by atomic mass is 15.3. The highest BCUT2D eigenvalue weighted by molar-refractivity contribution is 5.24. The van der Waals surface area contributed by atoms with Gasteiger partial charge in [-0.15, -0.1) is 0 Å². The molecule has 1 atom stereocenters. The minimum atomic E-state index is 0.566. The van der Waals surface area contributed by atoms with Gasteiger partial charge >= 0.3 is 0 Å². The molecule has 2 aliphatic carbocycles. The van der Waals surface area contributed by atoms with Crippen LogP contribution in [0.15, 0.2) is 6.20 Å². The lowest BCUT2D eigenvalue weighted by atomic mass is 9.93. The summed E-state index contributed by atoms with van der Waals surface area (Å²) in [5.41, 5.74) is 2.89. The molecule has 0 spiro atoms. The fourth-order valence-electron chi connectivity index (χ4n) is 2.79. The zero-order chi connectivity index (χ0) is 11.0. The largest absolute Gasteiger partial charge is 0.310 e. The van der Waals surface area contributed by atoms with E-state index in [9.17, 15) is 0 Å². The summed E-state index contributed by atoms with van der Waals surface area (Å²) in [4.78, 5) is 0. The molecule has 1 fully saturated rings. The first-order valence-corrected chi connectivity index (χ1v) is 6.59. The van der Waals surface area contributed by atoms with E-state index in [0.717, 1.165) is 5.92 Å². The maximum Gasteiger partial charge on any atom is 0.0540 e. The molecule has 1 saturated carbocycles. The van der Waals surface area contributed by atoms with Crippen LogP contribution in [0.1, 0.15) is 49.4 Å². The average molecular weight is 219 g/mol. The van der Waals surface area contributed by atoms with Crippen LogP contribution >= 0.6 is 0 Å². The molecule has 1 heterocycles. The van der Waals surface area contributed by atoms with Crippen molar-refractivity contribution in [2.45, 2.75) is 44.6 Å². The summed E-state index contributed by atoms with van der Waals surface area (Å²) in [6.07, 6.45) is 10.1. The molecular formula is C13H21N3. The molecule has 0 radical (unpaired) electrons. The van der Waals surface area contributed by atoms with Crippen molar-refractivity contribution in [3.05, 3.63) is 17.5 Å². The molecule has 1 unspecified atom stereocenters. The Labute approximate surface area is 97.2 Å². The van der Waals surface area contributed by atoms with Crippen molar-refractivity contribution in [1.29, 1.82) is 0 Å². The zero-order valence-corrected chi connectivity index (χ0v) is 10.1. The number of rotatable bonds is 4. The van der Waals surface area contributed by atoms with Gasteiger partial charge in [-0.1, -0.05) is 12.8 Å². The molecule has 0 aromatic carbocycles. The summed E-state index contributed by atoms with van der Waals surface area (Å²) in [5, 5.41) is 8.09. The van der Waals surface area contributed by atoms with Gasteiger partial charge in [0, 0.05) is 24.3 Å². The van der Waals surface area contributed by atoms with Crippen LogP contribution in [0, 0.1) is 5.92 Å². The molecule has 1 aromatic heterocycles. The summed E-state index contributed by atoms with van der Waals surface area (Å²) in [6, 6.07) is 0.566. The van der Waals surface area contributed by atoms with E-state index in [1.54, 1.807) is 0 Å². The molecule has 1 N–H and O–H groups in total. The Balaban J connectivity index is 1.62. The van der Waals surface area contributed by atoms with E-state index in [1.807, 2.05) is 4.68 Å². The normalized spacial score (nSPS) is 24.4. The van der Waals surface area contributed by atoms with E-state index < -0.39 is 0 Å². The molecule has 3 rings (SSSR count). The van der Waals surface area contributed by atoms with Gasteiger partial charge in [-0.2, -0.15) is 5.10 Å². The first-order chi connectivity index (χ1) is 7.84. The van der Waals surface area contributed by atoms with Crippen molar-refractivity contribution in [2.75, 3.05) is 6.54 Å². The third kappa shape index (κ3) is 2.01. The van der Waals surface area contributed by atoms with Gasteiger partial charge in [0.25, 0.3) is 0 Å². The Hall–Kier alpha value is -0.830. The van der Waals surface area contributed by atoms with Crippen LogP contribution in [-0.2, 0) is 13.5 Å². The third-order valence-corrected chi connectivity index (χ3v) is 4.02. The number of hydrogen-bond donors (Lipinski definition) is 1. The highest BCUT2D eigenvalue weighted by Crippen LogP contribution is 2.33. The van der Waals surface area contributed by atoms with Crippen LogP contribution in [-0.4, -0.2) is 16.3 Å². The molecule has 1 aromatic rings. The number of hydrogen-bond acceptors (Lipinski definition) is 2. The van der Waals surface area contributed by atoms with Crippen molar-refractivity contribution in [3.8, 4) is 0 Å². The standard InChI is InChI=1S/C13H21N3/c1-16-13-4-2-3-12(11(13)9-15-16)14-8-7-10-5-6-10/h9-10,12,14H,2-8H2,1H3. The predicted octanol–water partition coefficient (Wildman–Crippen LogP) is 2.19. The Bertz CT molecular complexity index is 365. The van der Waals surface area contributed by atoms with E-state index in [1.165, 1.54) is 56.3 Å². The second-order valence-corrected chi connectivity index (χ2v) is 5.30. The van der Waals surface area contributed by atoms with Crippen molar-refractivity contribution in [2.24, 2.45) is 13.0 Å². The molecule has 2 aliphatic rings. The van der Waals surface area contributed by atoms with Crippen LogP contribution in [0.4, 0.5) is 0 Å². The van der Waals surface area contributed by atoms with Crippen LogP contribution in [0.3, 0.4) is 0 Å². The number of fused-ring (bicyclic) bond motifs is 1. The average Bonchev–Trinajstić information content (AvgIpc) is 3.04. The van der Waals surface area contributed by atoms with Crippen molar-refractivity contribution in [1.82, 2.24) is 15.1 Å². The predicted molar refractivity (Wildman–Crippen MR) is 64.2 cm³/mol. The minimum absolute atomic E-state index is 0.566. The van der Waals surface area contributed by atoms with E-state index in [0.29, 0.717) is 6.04 Å². The molecule has 0 aliphatic heterocycles. The summed E-state index contributed by atoms with van der Waals surface area (Å²) in [5.74, 6) is 1.03. The second kappa shape index (κ2) is 4.21. The minimum Gasteiger partial charge on any atom is -0.310 e. The topological polar surface area (TPSA) is 29.9 Å². The van der Waals surface area contributed by atoms with Crippen LogP contribution in [0.25, 0.3) is 0 Å². The Morgan fingerprint density at radius 3 is 3.12 bits per heavy atom. The van der Waals surface area contributed by atoms with Gasteiger partial charge in [-0.05, 0) is 38.1 Å². The van der Waals surface area contributed by atoms with Gasteiger partial charge in [0.15, 0.2) is 0 Å². The molecule has 3 nitrogen and oxygen atoms in total. The van der Waals surface area contributed by atoms with E-state index >= 15 is 0 Å². The van der Waals surface area contributed by atoms with Crippen LogP contribution < -0.4 is 5.32 Å². The monoisotopic (exact) mass is 219 g/mol. The van der Waals surface area contributed by atoms with Gasteiger partial charge in [0.05, 0.1) is 6.20 Å². The van der Waals surface area contributed by atoms with Gasteiger partial charge in [-0.3, -0.25) is 4.68 Å². The first-order valence-electron chi connectivity index (χ1n) is 6.59. The van der Waals surface area contributed by atoms with E-state index in [2.05, 4.69) is 23.7 Å². The van der Waals surface area contributed by atoms with Crippen molar-refractivity contribution >= 4 is 0 Å². The molecule has 16 heavy (non-hydrogen) atoms. The second-order valence-electron chi connectivity index (χ2n) is 5.30. The smallest absolute Gasteiger partial charge is 0.0540 e. The van der Waals surface area contributed by atoms with E-state index in [4.69, 9.17) is 0 Å². The van der Waals surface area contributed by atoms with E-state index in [-0.39, 0.29) is 0 Å². The molecule has 88 valence electrons. The summed E-state index contributed by atoms with van der Waals surface area (Å²) in [6.45, 7) is 1.18. The molecule has 0 bridgehead atoms. The van der Waals surface area contributed by atoms with Crippen molar-refractivity contribution < 1.29 is 0 Å². The fraction of sp³-hybridized carbons (Fsp3) is 0.769. The van der Waals surface area contributed by atoms with Crippen LogP contribution in [0.2, 0.25) is 0 Å². The SMILES string of the molecule is Cn1ncc2c1CCCC2NCCC1CC1. The number of nitrogens with zero attached hydrogens (tertiary/aromatic N) is 2. The Morgan fingerprint density at radius 2 is 2.31 bits per heavy atom. The van der Waals surface area contributed by atoms with Gasteiger partial charge in [0.2, 0.25) is 0 Å². The molecule has 3 heteroatoms. The van der Waals surface area contributed by atoms with Crippen LogP contribution in [0.5, 0.6) is 0 Å². The Kier molecular flexibility index (Phi) is 2.72. The van der Waals surface area contributed by atoms with Gasteiger partial charge < -0.3 is 5.32 Å². The number of aryl methyl sites for hydroxylation is 1.